The van der Waals surface area contributed by atoms with Crippen LogP contribution in [0.5, 0.6) is 0 Å². The van der Waals surface area contributed by atoms with E-state index in [9.17, 15) is 8.42 Å². The van der Waals surface area contributed by atoms with Crippen molar-refractivity contribution in [2.75, 3.05) is 12.8 Å². The monoisotopic (exact) mass is 193 g/mol. The summed E-state index contributed by atoms with van der Waals surface area (Å²) in [4.78, 5) is 0. The van der Waals surface area contributed by atoms with Gasteiger partial charge in [0, 0.05) is 6.54 Å². The van der Waals surface area contributed by atoms with Gasteiger partial charge in [0.05, 0.1) is 6.26 Å². The first-order chi connectivity index (χ1) is 5.13. The highest BCUT2D eigenvalue weighted by molar-refractivity contribution is 7.88. The standard InChI is InChI=1S/C8H19NO2S/c1-7(8(2,3)4)6-9-12(5,10)11/h7,9H,6H2,1-5H3. The zero-order valence-corrected chi connectivity index (χ0v) is 9.33. The van der Waals surface area contributed by atoms with Crippen LogP contribution in [-0.4, -0.2) is 21.2 Å². The van der Waals surface area contributed by atoms with Gasteiger partial charge in [-0.3, -0.25) is 0 Å². The van der Waals surface area contributed by atoms with Crippen molar-refractivity contribution in [1.29, 1.82) is 0 Å². The summed E-state index contributed by atoms with van der Waals surface area (Å²) in [5.74, 6) is 0.340. The van der Waals surface area contributed by atoms with E-state index in [1.54, 1.807) is 0 Å². The van der Waals surface area contributed by atoms with Gasteiger partial charge in [-0.2, -0.15) is 0 Å². The summed E-state index contributed by atoms with van der Waals surface area (Å²) >= 11 is 0. The Labute approximate surface area is 75.6 Å². The highest BCUT2D eigenvalue weighted by Gasteiger charge is 2.20. The van der Waals surface area contributed by atoms with E-state index >= 15 is 0 Å². The Morgan fingerprint density at radius 1 is 1.33 bits per heavy atom. The third kappa shape index (κ3) is 5.55. The second kappa shape index (κ2) is 3.75. The lowest BCUT2D eigenvalue weighted by atomic mass is 9.82. The molecule has 74 valence electrons. The molecule has 0 heterocycles. The Hall–Kier alpha value is -0.0900. The molecule has 0 aromatic carbocycles. The Bertz CT molecular complexity index is 226. The molecule has 0 aromatic rings. The fourth-order valence-electron chi connectivity index (χ4n) is 0.583. The van der Waals surface area contributed by atoms with Crippen molar-refractivity contribution in [3.63, 3.8) is 0 Å². The average molecular weight is 193 g/mol. The van der Waals surface area contributed by atoms with E-state index in [2.05, 4.69) is 25.5 Å². The van der Waals surface area contributed by atoms with Crippen LogP contribution in [-0.2, 0) is 10.0 Å². The molecule has 0 aliphatic rings. The Morgan fingerprint density at radius 2 is 1.75 bits per heavy atom. The fraction of sp³-hybridized carbons (Fsp3) is 1.00. The predicted octanol–water partition coefficient (Wildman–Crippen LogP) is 1.22. The minimum absolute atomic E-state index is 0.150. The normalized spacial score (nSPS) is 16.1. The molecule has 1 unspecified atom stereocenters. The summed E-state index contributed by atoms with van der Waals surface area (Å²) in [6, 6.07) is 0. The summed E-state index contributed by atoms with van der Waals surface area (Å²) in [6.45, 7) is 8.85. The molecular formula is C8H19NO2S. The Morgan fingerprint density at radius 3 is 2.00 bits per heavy atom. The highest BCUT2D eigenvalue weighted by atomic mass is 32.2. The van der Waals surface area contributed by atoms with Crippen LogP contribution in [0.3, 0.4) is 0 Å². The average Bonchev–Trinajstić information content (AvgIpc) is 1.78. The summed E-state index contributed by atoms with van der Waals surface area (Å²) in [7, 11) is -3.03. The summed E-state index contributed by atoms with van der Waals surface area (Å²) in [6.07, 6.45) is 1.18. The van der Waals surface area contributed by atoms with Gasteiger partial charge in [-0.25, -0.2) is 13.1 Å². The zero-order valence-electron chi connectivity index (χ0n) is 8.51. The first kappa shape index (κ1) is 11.9. The third-order valence-corrected chi connectivity index (χ3v) is 2.82. The molecule has 0 rings (SSSR count). The molecular weight excluding hydrogens is 174 g/mol. The maximum atomic E-state index is 10.8. The van der Waals surface area contributed by atoms with Gasteiger partial charge in [-0.1, -0.05) is 27.7 Å². The van der Waals surface area contributed by atoms with Crippen LogP contribution >= 0.6 is 0 Å². The van der Waals surface area contributed by atoms with Gasteiger partial charge in [-0.15, -0.1) is 0 Å². The van der Waals surface area contributed by atoms with Crippen LogP contribution in [0.4, 0.5) is 0 Å². The van der Waals surface area contributed by atoms with Crippen LogP contribution in [0.25, 0.3) is 0 Å². The minimum atomic E-state index is -3.03. The van der Waals surface area contributed by atoms with Gasteiger partial charge < -0.3 is 0 Å². The number of nitrogens with one attached hydrogen (secondary N) is 1. The molecule has 3 nitrogen and oxygen atoms in total. The first-order valence-electron chi connectivity index (χ1n) is 4.07. The van der Waals surface area contributed by atoms with Crippen LogP contribution in [0.1, 0.15) is 27.7 Å². The molecule has 4 heteroatoms. The largest absolute Gasteiger partial charge is 0.215 e. The second-order valence-electron chi connectivity index (χ2n) is 4.39. The fourth-order valence-corrected chi connectivity index (χ4v) is 1.14. The number of rotatable bonds is 3. The van der Waals surface area contributed by atoms with E-state index < -0.39 is 10.0 Å². The van der Waals surface area contributed by atoms with Crippen molar-refractivity contribution in [2.45, 2.75) is 27.7 Å². The summed E-state index contributed by atoms with van der Waals surface area (Å²) in [5.41, 5.74) is 0.150. The smallest absolute Gasteiger partial charge is 0.208 e. The van der Waals surface area contributed by atoms with Crippen molar-refractivity contribution >= 4 is 10.0 Å². The van der Waals surface area contributed by atoms with E-state index in [-0.39, 0.29) is 5.41 Å². The van der Waals surface area contributed by atoms with Crippen LogP contribution in [0.2, 0.25) is 0 Å². The van der Waals surface area contributed by atoms with Gasteiger partial charge in [0.15, 0.2) is 0 Å². The predicted molar refractivity (Wildman–Crippen MR) is 51.5 cm³/mol. The molecule has 0 aliphatic heterocycles. The molecule has 0 spiro atoms. The molecule has 0 fully saturated rings. The van der Waals surface area contributed by atoms with Gasteiger partial charge in [-0.05, 0) is 11.3 Å². The zero-order chi connectivity index (χ0) is 9.99. The van der Waals surface area contributed by atoms with Crippen LogP contribution < -0.4 is 4.72 Å². The minimum Gasteiger partial charge on any atom is -0.215 e. The molecule has 0 amide bonds. The molecule has 1 atom stereocenters. The van der Waals surface area contributed by atoms with E-state index in [0.29, 0.717) is 12.5 Å². The Balaban J connectivity index is 3.97. The van der Waals surface area contributed by atoms with Crippen molar-refractivity contribution in [3.8, 4) is 0 Å². The van der Waals surface area contributed by atoms with Crippen LogP contribution in [0, 0.1) is 11.3 Å². The van der Waals surface area contributed by atoms with Gasteiger partial charge in [0.1, 0.15) is 0 Å². The van der Waals surface area contributed by atoms with Crippen molar-refractivity contribution in [1.82, 2.24) is 4.72 Å². The van der Waals surface area contributed by atoms with E-state index in [1.165, 1.54) is 6.26 Å². The molecule has 0 aromatic heterocycles. The van der Waals surface area contributed by atoms with Crippen LogP contribution in [0.15, 0.2) is 0 Å². The molecule has 0 saturated carbocycles. The van der Waals surface area contributed by atoms with Gasteiger partial charge in [0.25, 0.3) is 0 Å². The summed E-state index contributed by atoms with van der Waals surface area (Å²) < 4.78 is 24.0. The van der Waals surface area contributed by atoms with E-state index in [0.717, 1.165) is 0 Å². The lowest BCUT2D eigenvalue weighted by Gasteiger charge is -2.26. The molecule has 0 bridgehead atoms. The molecule has 12 heavy (non-hydrogen) atoms. The lowest BCUT2D eigenvalue weighted by molar-refractivity contribution is 0.263. The number of sulfonamides is 1. The maximum Gasteiger partial charge on any atom is 0.208 e. The van der Waals surface area contributed by atoms with Gasteiger partial charge >= 0.3 is 0 Å². The molecule has 1 N–H and O–H groups in total. The first-order valence-corrected chi connectivity index (χ1v) is 5.96. The topological polar surface area (TPSA) is 46.2 Å². The van der Waals surface area contributed by atoms with Gasteiger partial charge in [0.2, 0.25) is 10.0 Å². The third-order valence-electron chi connectivity index (χ3n) is 2.13. The lowest BCUT2D eigenvalue weighted by Crippen LogP contribution is -2.32. The molecule has 0 saturated heterocycles. The summed E-state index contributed by atoms with van der Waals surface area (Å²) in [5, 5.41) is 0. The van der Waals surface area contributed by atoms with E-state index in [1.807, 2.05) is 6.92 Å². The van der Waals surface area contributed by atoms with E-state index in [4.69, 9.17) is 0 Å². The second-order valence-corrected chi connectivity index (χ2v) is 6.22. The quantitative estimate of drug-likeness (QED) is 0.732. The number of hydrogen-bond acceptors (Lipinski definition) is 2. The van der Waals surface area contributed by atoms with Crippen molar-refractivity contribution < 1.29 is 8.42 Å². The molecule has 0 aliphatic carbocycles. The Kier molecular flexibility index (Phi) is 3.72. The number of hydrogen-bond donors (Lipinski definition) is 1. The molecule has 0 radical (unpaired) electrons. The van der Waals surface area contributed by atoms with Crippen molar-refractivity contribution in [3.05, 3.63) is 0 Å². The SMILES string of the molecule is CC(CNS(C)(=O)=O)C(C)(C)C. The highest BCUT2D eigenvalue weighted by Crippen LogP contribution is 2.24. The maximum absolute atomic E-state index is 10.8. The van der Waals surface area contributed by atoms with Crippen molar-refractivity contribution in [2.24, 2.45) is 11.3 Å².